The average Bonchev–Trinajstić information content (AvgIpc) is 3.76. The third-order valence-electron chi connectivity index (χ3n) is 8.00. The number of hydrogen-bond donors (Lipinski definition) is 2. The Bertz CT molecular complexity index is 1560. The van der Waals surface area contributed by atoms with Crippen molar-refractivity contribution < 1.29 is 8.81 Å². The lowest BCUT2D eigenvalue weighted by molar-refractivity contribution is 0.410. The molecule has 2 saturated carbocycles. The Hall–Kier alpha value is -3.53. The number of benzene rings is 1. The molecule has 0 unspecified atom stereocenters. The van der Waals surface area contributed by atoms with Crippen LogP contribution in [0.1, 0.15) is 62.4 Å². The van der Waals surface area contributed by atoms with Crippen LogP contribution in [0.2, 0.25) is 0 Å². The molecule has 0 bridgehead atoms. The largest absolute Gasteiger partial charge is 0.430 e. The van der Waals surface area contributed by atoms with Gasteiger partial charge in [-0.05, 0) is 62.8 Å². The molecule has 4 aromatic rings. The number of alkyl halides is 1. The standard InChI is InChI=1S/C26H28FN7O2/c1-15(2)33-22(35)18-11-29-23(30-17-3-4-19-16(9-17)10-28-14-26(19)7-8-26)32-21(18)34(33)24-31-20(12-36-24)25(13-27)5-6-25/h3-4,9,11-12,15,28H,5-8,10,13-14H2,1-2H3,(H,29,30,32). The summed E-state index contributed by atoms with van der Waals surface area (Å²) in [6.45, 7) is 5.23. The van der Waals surface area contributed by atoms with Crippen LogP contribution in [0.3, 0.4) is 0 Å². The topological polar surface area (TPSA) is 103 Å². The van der Waals surface area contributed by atoms with E-state index in [2.05, 4.69) is 38.8 Å². The van der Waals surface area contributed by atoms with Gasteiger partial charge in [-0.1, -0.05) is 6.07 Å². The second-order valence-corrected chi connectivity index (χ2v) is 10.8. The van der Waals surface area contributed by atoms with E-state index in [9.17, 15) is 9.18 Å². The molecule has 0 radical (unpaired) electrons. The van der Waals surface area contributed by atoms with Crippen LogP contribution in [0.15, 0.2) is 39.9 Å². The minimum absolute atomic E-state index is 0.183. The molecule has 1 aromatic carbocycles. The van der Waals surface area contributed by atoms with Crippen molar-refractivity contribution in [2.24, 2.45) is 0 Å². The summed E-state index contributed by atoms with van der Waals surface area (Å²) in [4.78, 5) is 26.9. The van der Waals surface area contributed by atoms with E-state index in [0.717, 1.165) is 31.6 Å². The molecule has 4 heterocycles. The molecule has 1 spiro atoms. The van der Waals surface area contributed by atoms with Gasteiger partial charge in [0.25, 0.3) is 5.56 Å². The highest BCUT2D eigenvalue weighted by molar-refractivity contribution is 5.76. The molecule has 10 heteroatoms. The molecule has 7 rings (SSSR count). The Morgan fingerprint density at radius 1 is 1.22 bits per heavy atom. The molecule has 2 aliphatic carbocycles. The zero-order valence-electron chi connectivity index (χ0n) is 20.3. The lowest BCUT2D eigenvalue weighted by Gasteiger charge is -2.26. The van der Waals surface area contributed by atoms with Crippen molar-refractivity contribution in [3.8, 4) is 6.01 Å². The maximum absolute atomic E-state index is 13.6. The van der Waals surface area contributed by atoms with Crippen LogP contribution in [-0.4, -0.2) is 37.5 Å². The fourth-order valence-electron chi connectivity index (χ4n) is 5.52. The van der Waals surface area contributed by atoms with Crippen LogP contribution < -0.4 is 16.2 Å². The van der Waals surface area contributed by atoms with E-state index < -0.39 is 12.1 Å². The van der Waals surface area contributed by atoms with Crippen LogP contribution in [0.25, 0.3) is 17.0 Å². The Kier molecular flexibility index (Phi) is 4.52. The summed E-state index contributed by atoms with van der Waals surface area (Å²) in [6.07, 6.45) is 6.99. The van der Waals surface area contributed by atoms with Gasteiger partial charge < -0.3 is 15.1 Å². The van der Waals surface area contributed by atoms with E-state index in [1.54, 1.807) is 9.36 Å². The highest BCUT2D eigenvalue weighted by atomic mass is 19.1. The maximum atomic E-state index is 13.6. The molecule has 0 saturated heterocycles. The lowest BCUT2D eigenvalue weighted by atomic mass is 9.88. The van der Waals surface area contributed by atoms with Crippen LogP contribution in [0, 0.1) is 0 Å². The van der Waals surface area contributed by atoms with E-state index in [-0.39, 0.29) is 17.6 Å². The van der Waals surface area contributed by atoms with Crippen molar-refractivity contribution in [3.63, 3.8) is 0 Å². The summed E-state index contributed by atoms with van der Waals surface area (Å²) in [7, 11) is 0. The number of rotatable bonds is 6. The van der Waals surface area contributed by atoms with Gasteiger partial charge >= 0.3 is 6.01 Å². The van der Waals surface area contributed by atoms with Gasteiger partial charge in [0, 0.05) is 41.8 Å². The molecular formula is C26H28FN7O2. The Labute approximate surface area is 206 Å². The second-order valence-electron chi connectivity index (χ2n) is 10.8. The van der Waals surface area contributed by atoms with Crippen LogP contribution >= 0.6 is 0 Å². The predicted molar refractivity (Wildman–Crippen MR) is 133 cm³/mol. The van der Waals surface area contributed by atoms with Gasteiger partial charge in [0.2, 0.25) is 5.95 Å². The van der Waals surface area contributed by atoms with Crippen molar-refractivity contribution in [1.82, 2.24) is 29.6 Å². The first-order valence-corrected chi connectivity index (χ1v) is 12.6. The number of oxazole rings is 1. The molecule has 2 N–H and O–H groups in total. The van der Waals surface area contributed by atoms with Gasteiger partial charge in [-0.25, -0.2) is 9.67 Å². The molecule has 186 valence electrons. The zero-order chi connectivity index (χ0) is 24.7. The Morgan fingerprint density at radius 3 is 2.78 bits per heavy atom. The van der Waals surface area contributed by atoms with Gasteiger partial charge in [0.05, 0.1) is 5.69 Å². The molecule has 0 amide bonds. The fraction of sp³-hybridized carbons (Fsp3) is 0.462. The number of aromatic nitrogens is 5. The van der Waals surface area contributed by atoms with Crippen LogP contribution in [0.4, 0.5) is 16.0 Å². The summed E-state index contributed by atoms with van der Waals surface area (Å²) in [5.74, 6) is 0.371. The summed E-state index contributed by atoms with van der Waals surface area (Å²) in [6, 6.07) is 6.44. The van der Waals surface area contributed by atoms with Crippen LogP contribution in [-0.2, 0) is 17.4 Å². The molecular weight excluding hydrogens is 461 g/mol. The number of hydrogen-bond acceptors (Lipinski definition) is 7. The third-order valence-corrected chi connectivity index (χ3v) is 8.00. The second kappa shape index (κ2) is 7.49. The summed E-state index contributed by atoms with van der Waals surface area (Å²) >= 11 is 0. The van der Waals surface area contributed by atoms with E-state index in [0.29, 0.717) is 28.1 Å². The first kappa shape index (κ1) is 21.7. The smallest absolute Gasteiger partial charge is 0.323 e. The van der Waals surface area contributed by atoms with Crippen molar-refractivity contribution >= 4 is 22.7 Å². The van der Waals surface area contributed by atoms with E-state index in [4.69, 9.17) is 9.40 Å². The van der Waals surface area contributed by atoms with Crippen molar-refractivity contribution in [1.29, 1.82) is 0 Å². The van der Waals surface area contributed by atoms with Gasteiger partial charge in [0.1, 0.15) is 18.3 Å². The van der Waals surface area contributed by atoms with Crippen molar-refractivity contribution in [3.05, 3.63) is 57.8 Å². The Balaban J connectivity index is 1.29. The highest BCUT2D eigenvalue weighted by Gasteiger charge is 2.48. The fourth-order valence-corrected chi connectivity index (χ4v) is 5.52. The highest BCUT2D eigenvalue weighted by Crippen LogP contribution is 2.51. The summed E-state index contributed by atoms with van der Waals surface area (Å²) in [5, 5.41) is 7.21. The van der Waals surface area contributed by atoms with Crippen LogP contribution in [0.5, 0.6) is 0 Å². The number of nitrogens with one attached hydrogen (secondary N) is 2. The molecule has 3 aromatic heterocycles. The SMILES string of the molecule is CC(C)n1c(=O)c2cnc(Nc3ccc4c(c3)CNCC43CC3)nc2n1-c1nc(C2(CF)CC2)co1. The van der Waals surface area contributed by atoms with Crippen molar-refractivity contribution in [2.45, 2.75) is 62.9 Å². The normalized spacial score (nSPS) is 19.1. The predicted octanol–water partition coefficient (Wildman–Crippen LogP) is 4.03. The number of fused-ring (bicyclic) bond motifs is 3. The van der Waals surface area contributed by atoms with Gasteiger partial charge in [-0.2, -0.15) is 14.6 Å². The van der Waals surface area contributed by atoms with Crippen molar-refractivity contribution in [2.75, 3.05) is 18.5 Å². The third kappa shape index (κ3) is 3.16. The van der Waals surface area contributed by atoms with Gasteiger partial charge in [-0.15, -0.1) is 0 Å². The Morgan fingerprint density at radius 2 is 2.06 bits per heavy atom. The van der Waals surface area contributed by atoms with Gasteiger partial charge in [-0.3, -0.25) is 9.18 Å². The summed E-state index contributed by atoms with van der Waals surface area (Å²) < 4.78 is 22.5. The maximum Gasteiger partial charge on any atom is 0.323 e. The monoisotopic (exact) mass is 489 g/mol. The first-order valence-electron chi connectivity index (χ1n) is 12.6. The molecule has 2 fully saturated rings. The van der Waals surface area contributed by atoms with Gasteiger partial charge in [0.15, 0.2) is 5.65 Å². The number of nitrogens with zero attached hydrogens (tertiary/aromatic N) is 5. The van der Waals surface area contributed by atoms with E-state index in [1.807, 2.05) is 13.8 Å². The quantitative estimate of drug-likeness (QED) is 0.422. The molecule has 9 nitrogen and oxygen atoms in total. The number of anilines is 2. The molecule has 0 atom stereocenters. The molecule has 36 heavy (non-hydrogen) atoms. The lowest BCUT2D eigenvalue weighted by Crippen LogP contribution is -2.33. The first-order chi connectivity index (χ1) is 17.4. The van der Waals surface area contributed by atoms with E-state index >= 15 is 0 Å². The minimum Gasteiger partial charge on any atom is -0.430 e. The summed E-state index contributed by atoms with van der Waals surface area (Å²) in [5.41, 5.74) is 4.11. The molecule has 3 aliphatic rings. The molecule has 1 aliphatic heterocycles. The van der Waals surface area contributed by atoms with E-state index in [1.165, 1.54) is 36.4 Å². The minimum atomic E-state index is -0.560. The number of halogens is 1. The average molecular weight is 490 g/mol. The zero-order valence-corrected chi connectivity index (χ0v) is 20.3.